The van der Waals surface area contributed by atoms with Crippen molar-refractivity contribution in [3.8, 4) is 0 Å². The first-order valence-corrected chi connectivity index (χ1v) is 4.89. The van der Waals surface area contributed by atoms with Gasteiger partial charge in [0.25, 0.3) is 0 Å². The van der Waals surface area contributed by atoms with Crippen LogP contribution in [0.3, 0.4) is 0 Å². The maximum absolute atomic E-state index is 10.7. The van der Waals surface area contributed by atoms with Gasteiger partial charge in [-0.1, -0.05) is 36.0 Å². The summed E-state index contributed by atoms with van der Waals surface area (Å²) in [6.07, 6.45) is 0.816. The van der Waals surface area contributed by atoms with Crippen molar-refractivity contribution >= 4 is 23.2 Å². The highest BCUT2D eigenvalue weighted by molar-refractivity contribution is 8.12. The van der Waals surface area contributed by atoms with Crippen LogP contribution in [0.5, 0.6) is 0 Å². The van der Waals surface area contributed by atoms with Gasteiger partial charge in [-0.3, -0.25) is 9.59 Å². The van der Waals surface area contributed by atoms with Gasteiger partial charge in [0, 0.05) is 18.2 Å². The summed E-state index contributed by atoms with van der Waals surface area (Å²) in [6.45, 7) is 1.52. The monoisotopic (exact) mass is 194 g/mol. The van der Waals surface area contributed by atoms with E-state index in [9.17, 15) is 9.59 Å². The Labute approximate surface area is 81.3 Å². The third-order valence-corrected chi connectivity index (χ3v) is 2.47. The van der Waals surface area contributed by atoms with Gasteiger partial charge < -0.3 is 0 Å². The predicted octanol–water partition coefficient (Wildman–Crippen LogP) is 2.28. The Bertz CT molecular complexity index is 320. The van der Waals surface area contributed by atoms with Crippen molar-refractivity contribution < 1.29 is 9.59 Å². The highest BCUT2D eigenvalue weighted by atomic mass is 32.2. The predicted molar refractivity (Wildman–Crippen MR) is 53.8 cm³/mol. The van der Waals surface area contributed by atoms with Gasteiger partial charge in [-0.05, 0) is 5.56 Å². The summed E-state index contributed by atoms with van der Waals surface area (Å²) < 4.78 is 0. The molecule has 0 saturated carbocycles. The molecule has 0 aromatic heterocycles. The number of benzene rings is 1. The van der Waals surface area contributed by atoms with E-state index in [1.54, 1.807) is 6.07 Å². The number of rotatable bonds is 3. The van der Waals surface area contributed by atoms with E-state index in [1.165, 1.54) is 18.7 Å². The van der Waals surface area contributed by atoms with Gasteiger partial charge in [-0.25, -0.2) is 0 Å². The molecular formula is C10H10O2S. The normalized spacial score (nSPS) is 9.62. The summed E-state index contributed by atoms with van der Waals surface area (Å²) in [5.74, 6) is 0.574. The lowest BCUT2D eigenvalue weighted by molar-refractivity contribution is -0.109. The highest BCUT2D eigenvalue weighted by Crippen LogP contribution is 2.15. The molecule has 3 heteroatoms. The molecule has 0 spiro atoms. The fourth-order valence-electron chi connectivity index (χ4n) is 0.960. The maximum atomic E-state index is 10.7. The molecule has 0 amide bonds. The number of hydrogen-bond donors (Lipinski definition) is 0. The first kappa shape index (κ1) is 9.99. The topological polar surface area (TPSA) is 34.1 Å². The molecule has 0 unspecified atom stereocenters. The van der Waals surface area contributed by atoms with Crippen molar-refractivity contribution in [2.24, 2.45) is 0 Å². The zero-order valence-electron chi connectivity index (χ0n) is 7.32. The van der Waals surface area contributed by atoms with Crippen LogP contribution in [0.25, 0.3) is 0 Å². The molecule has 68 valence electrons. The minimum Gasteiger partial charge on any atom is -0.298 e. The molecular weight excluding hydrogens is 184 g/mol. The van der Waals surface area contributed by atoms with Crippen LogP contribution in [0.1, 0.15) is 22.8 Å². The summed E-state index contributed by atoms with van der Waals surface area (Å²) in [7, 11) is 0. The first-order chi connectivity index (χ1) is 6.24. The zero-order valence-corrected chi connectivity index (χ0v) is 8.14. The number of hydrogen-bond acceptors (Lipinski definition) is 3. The third kappa shape index (κ3) is 3.03. The Kier molecular flexibility index (Phi) is 3.71. The molecule has 0 N–H and O–H groups in total. The molecule has 0 fully saturated rings. The lowest BCUT2D eigenvalue weighted by Gasteiger charge is -2.01. The molecule has 0 bridgehead atoms. The Balaban J connectivity index is 2.75. The Hall–Kier alpha value is -1.09. The van der Waals surface area contributed by atoms with Gasteiger partial charge in [-0.2, -0.15) is 0 Å². The summed E-state index contributed by atoms with van der Waals surface area (Å²) in [5, 5.41) is 0.0701. The lowest BCUT2D eigenvalue weighted by atomic mass is 10.1. The van der Waals surface area contributed by atoms with Crippen LogP contribution in [-0.2, 0) is 10.5 Å². The maximum Gasteiger partial charge on any atom is 0.186 e. The van der Waals surface area contributed by atoms with E-state index >= 15 is 0 Å². The fraction of sp³-hybridized carbons (Fsp3) is 0.200. The standard InChI is InChI=1S/C10H10O2S/c1-8(12)13-7-10-5-3-2-4-9(10)6-11/h2-6H,7H2,1H3. The van der Waals surface area contributed by atoms with Crippen LogP contribution < -0.4 is 0 Å². The molecule has 1 rings (SSSR count). The number of carbonyl (C=O) groups is 2. The number of thioether (sulfide) groups is 1. The Morgan fingerprint density at radius 3 is 2.77 bits per heavy atom. The van der Waals surface area contributed by atoms with E-state index in [0.29, 0.717) is 11.3 Å². The molecule has 0 aliphatic rings. The van der Waals surface area contributed by atoms with Crippen LogP contribution in [0.2, 0.25) is 0 Å². The van der Waals surface area contributed by atoms with E-state index < -0.39 is 0 Å². The van der Waals surface area contributed by atoms with Crippen LogP contribution in [-0.4, -0.2) is 11.4 Å². The molecule has 13 heavy (non-hydrogen) atoms. The Morgan fingerprint density at radius 1 is 1.46 bits per heavy atom. The molecule has 0 radical (unpaired) electrons. The highest BCUT2D eigenvalue weighted by Gasteiger charge is 2.01. The van der Waals surface area contributed by atoms with Gasteiger partial charge in [0.2, 0.25) is 0 Å². The van der Waals surface area contributed by atoms with Crippen LogP contribution >= 0.6 is 11.8 Å². The molecule has 0 aliphatic heterocycles. The minimum absolute atomic E-state index is 0.0701. The van der Waals surface area contributed by atoms with Crippen LogP contribution in [0, 0.1) is 0 Å². The van der Waals surface area contributed by atoms with Gasteiger partial charge in [0.05, 0.1) is 0 Å². The first-order valence-electron chi connectivity index (χ1n) is 3.90. The van der Waals surface area contributed by atoms with Gasteiger partial charge in [-0.15, -0.1) is 0 Å². The van der Waals surface area contributed by atoms with Gasteiger partial charge in [0.15, 0.2) is 5.12 Å². The summed E-state index contributed by atoms with van der Waals surface area (Å²) in [6, 6.07) is 7.29. The lowest BCUT2D eigenvalue weighted by Crippen LogP contribution is -1.91. The molecule has 2 nitrogen and oxygen atoms in total. The molecule has 0 saturated heterocycles. The third-order valence-electron chi connectivity index (χ3n) is 1.61. The summed E-state index contributed by atoms with van der Waals surface area (Å²) in [4.78, 5) is 21.3. The molecule has 1 aromatic rings. The van der Waals surface area contributed by atoms with E-state index in [4.69, 9.17) is 0 Å². The summed E-state index contributed by atoms with van der Waals surface area (Å²) in [5.41, 5.74) is 1.58. The Morgan fingerprint density at radius 2 is 2.15 bits per heavy atom. The van der Waals surface area contributed by atoms with Gasteiger partial charge >= 0.3 is 0 Å². The number of aldehydes is 1. The van der Waals surface area contributed by atoms with Crippen molar-refractivity contribution in [2.45, 2.75) is 12.7 Å². The van der Waals surface area contributed by atoms with Crippen molar-refractivity contribution in [2.75, 3.05) is 0 Å². The van der Waals surface area contributed by atoms with Crippen molar-refractivity contribution in [3.63, 3.8) is 0 Å². The van der Waals surface area contributed by atoms with E-state index in [-0.39, 0.29) is 5.12 Å². The van der Waals surface area contributed by atoms with Crippen molar-refractivity contribution in [3.05, 3.63) is 35.4 Å². The minimum atomic E-state index is 0.0701. The quantitative estimate of drug-likeness (QED) is 0.692. The fourth-order valence-corrected chi connectivity index (χ4v) is 1.58. The second kappa shape index (κ2) is 4.82. The smallest absolute Gasteiger partial charge is 0.186 e. The van der Waals surface area contributed by atoms with E-state index in [0.717, 1.165) is 11.8 Å². The second-order valence-electron chi connectivity index (χ2n) is 2.60. The zero-order chi connectivity index (χ0) is 9.68. The average Bonchev–Trinajstić information content (AvgIpc) is 2.15. The van der Waals surface area contributed by atoms with Crippen molar-refractivity contribution in [1.82, 2.24) is 0 Å². The van der Waals surface area contributed by atoms with E-state index in [2.05, 4.69) is 0 Å². The summed E-state index contributed by atoms with van der Waals surface area (Å²) >= 11 is 1.22. The molecule has 1 aromatic carbocycles. The molecule has 0 heterocycles. The largest absolute Gasteiger partial charge is 0.298 e. The average molecular weight is 194 g/mol. The molecule has 0 atom stereocenters. The molecule has 0 aliphatic carbocycles. The van der Waals surface area contributed by atoms with E-state index in [1.807, 2.05) is 18.2 Å². The second-order valence-corrected chi connectivity index (χ2v) is 3.75. The number of carbonyl (C=O) groups excluding carboxylic acids is 2. The van der Waals surface area contributed by atoms with Crippen molar-refractivity contribution in [1.29, 1.82) is 0 Å². The van der Waals surface area contributed by atoms with Crippen LogP contribution in [0.4, 0.5) is 0 Å². The SMILES string of the molecule is CC(=O)SCc1ccccc1C=O. The van der Waals surface area contributed by atoms with Crippen LogP contribution in [0.15, 0.2) is 24.3 Å². The van der Waals surface area contributed by atoms with Gasteiger partial charge in [0.1, 0.15) is 6.29 Å².